The van der Waals surface area contributed by atoms with E-state index in [0.717, 1.165) is 5.69 Å². The van der Waals surface area contributed by atoms with Gasteiger partial charge in [-0.1, -0.05) is 20.8 Å². The first kappa shape index (κ1) is 10.6. The SMILES string of the molecule is CC(C)(C)c1cc(N)n(-c2ccncn2)n1. The molecule has 0 saturated heterocycles. The molecule has 5 heteroatoms. The van der Waals surface area contributed by atoms with E-state index in [4.69, 9.17) is 5.73 Å². The molecule has 2 rings (SSSR count). The van der Waals surface area contributed by atoms with Crippen LogP contribution in [0.1, 0.15) is 26.5 Å². The van der Waals surface area contributed by atoms with Gasteiger partial charge >= 0.3 is 0 Å². The van der Waals surface area contributed by atoms with Crippen molar-refractivity contribution in [2.24, 2.45) is 0 Å². The molecule has 0 bridgehead atoms. The molecule has 0 aliphatic carbocycles. The van der Waals surface area contributed by atoms with E-state index in [1.54, 1.807) is 16.9 Å². The van der Waals surface area contributed by atoms with E-state index in [9.17, 15) is 0 Å². The summed E-state index contributed by atoms with van der Waals surface area (Å²) in [6, 6.07) is 3.65. The fourth-order valence-corrected chi connectivity index (χ4v) is 1.35. The van der Waals surface area contributed by atoms with Crippen LogP contribution in [0.15, 0.2) is 24.7 Å². The van der Waals surface area contributed by atoms with E-state index < -0.39 is 0 Å². The summed E-state index contributed by atoms with van der Waals surface area (Å²) in [5.41, 5.74) is 6.84. The van der Waals surface area contributed by atoms with Crippen LogP contribution < -0.4 is 5.73 Å². The highest BCUT2D eigenvalue weighted by atomic mass is 15.3. The van der Waals surface area contributed by atoms with Crippen molar-refractivity contribution in [3.8, 4) is 5.82 Å². The third kappa shape index (κ3) is 1.88. The van der Waals surface area contributed by atoms with Gasteiger partial charge in [-0.15, -0.1) is 0 Å². The number of nitrogens with zero attached hydrogens (tertiary/aromatic N) is 4. The van der Waals surface area contributed by atoms with E-state index in [-0.39, 0.29) is 5.41 Å². The standard InChI is InChI=1S/C11H15N5/c1-11(2,3)8-6-9(12)16(15-8)10-4-5-13-7-14-10/h4-7H,12H2,1-3H3. The van der Waals surface area contributed by atoms with E-state index in [1.165, 1.54) is 6.33 Å². The lowest BCUT2D eigenvalue weighted by atomic mass is 9.92. The van der Waals surface area contributed by atoms with Crippen molar-refractivity contribution in [1.29, 1.82) is 0 Å². The maximum absolute atomic E-state index is 5.91. The third-order valence-corrected chi connectivity index (χ3v) is 2.29. The van der Waals surface area contributed by atoms with Crippen LogP contribution in [0.25, 0.3) is 5.82 Å². The van der Waals surface area contributed by atoms with Gasteiger partial charge in [-0.2, -0.15) is 9.78 Å². The minimum absolute atomic E-state index is 0.0214. The number of hydrogen-bond acceptors (Lipinski definition) is 4. The van der Waals surface area contributed by atoms with Gasteiger partial charge in [-0.3, -0.25) is 0 Å². The average Bonchev–Trinajstić information content (AvgIpc) is 2.61. The first-order valence-electron chi connectivity index (χ1n) is 5.11. The zero-order chi connectivity index (χ0) is 11.8. The summed E-state index contributed by atoms with van der Waals surface area (Å²) in [6.07, 6.45) is 3.15. The average molecular weight is 217 g/mol. The fourth-order valence-electron chi connectivity index (χ4n) is 1.35. The first-order valence-corrected chi connectivity index (χ1v) is 5.11. The maximum Gasteiger partial charge on any atom is 0.159 e. The van der Waals surface area contributed by atoms with Gasteiger partial charge in [0.25, 0.3) is 0 Å². The van der Waals surface area contributed by atoms with Crippen molar-refractivity contribution < 1.29 is 0 Å². The van der Waals surface area contributed by atoms with E-state index >= 15 is 0 Å². The molecule has 0 aliphatic heterocycles. The van der Waals surface area contributed by atoms with Crippen LogP contribution in [-0.4, -0.2) is 19.7 Å². The minimum Gasteiger partial charge on any atom is -0.384 e. The lowest BCUT2D eigenvalue weighted by Gasteiger charge is -2.13. The molecule has 0 saturated carbocycles. The lowest BCUT2D eigenvalue weighted by molar-refractivity contribution is 0.559. The summed E-state index contributed by atoms with van der Waals surface area (Å²) in [6.45, 7) is 6.29. The monoisotopic (exact) mass is 217 g/mol. The van der Waals surface area contributed by atoms with Crippen LogP contribution >= 0.6 is 0 Å². The topological polar surface area (TPSA) is 69.6 Å². The summed E-state index contributed by atoms with van der Waals surface area (Å²) >= 11 is 0. The Hall–Kier alpha value is -1.91. The molecule has 2 N–H and O–H groups in total. The van der Waals surface area contributed by atoms with Crippen LogP contribution in [0.2, 0.25) is 0 Å². The Kier molecular flexibility index (Phi) is 2.38. The van der Waals surface area contributed by atoms with Crippen molar-refractivity contribution in [1.82, 2.24) is 19.7 Å². The quantitative estimate of drug-likeness (QED) is 0.786. The van der Waals surface area contributed by atoms with Crippen LogP contribution in [0.4, 0.5) is 5.82 Å². The molecule has 2 heterocycles. The zero-order valence-corrected chi connectivity index (χ0v) is 9.68. The molecule has 2 aromatic heterocycles. The molecule has 16 heavy (non-hydrogen) atoms. The predicted octanol–water partition coefficient (Wildman–Crippen LogP) is 1.54. The number of nitrogens with two attached hydrogens (primary N) is 1. The Labute approximate surface area is 94.3 Å². The summed E-state index contributed by atoms with van der Waals surface area (Å²) in [5, 5.41) is 4.45. The van der Waals surface area contributed by atoms with Crippen molar-refractivity contribution in [2.75, 3.05) is 5.73 Å². The van der Waals surface area contributed by atoms with Gasteiger partial charge in [-0.05, 0) is 0 Å². The van der Waals surface area contributed by atoms with Crippen molar-refractivity contribution in [3.63, 3.8) is 0 Å². The predicted molar refractivity (Wildman–Crippen MR) is 62.3 cm³/mol. The second-order valence-corrected chi connectivity index (χ2v) is 4.68. The third-order valence-electron chi connectivity index (χ3n) is 2.29. The summed E-state index contributed by atoms with van der Waals surface area (Å²) in [7, 11) is 0. The molecule has 0 aromatic carbocycles. The highest BCUT2D eigenvalue weighted by Gasteiger charge is 2.19. The first-order chi connectivity index (χ1) is 7.48. The van der Waals surface area contributed by atoms with Gasteiger partial charge in [0.2, 0.25) is 0 Å². The molecule has 0 fully saturated rings. The van der Waals surface area contributed by atoms with E-state index in [1.807, 2.05) is 6.07 Å². The minimum atomic E-state index is -0.0214. The molecule has 0 radical (unpaired) electrons. The van der Waals surface area contributed by atoms with Crippen molar-refractivity contribution in [2.45, 2.75) is 26.2 Å². The molecular formula is C11H15N5. The maximum atomic E-state index is 5.91. The molecule has 0 aliphatic rings. The normalized spacial score (nSPS) is 11.7. The van der Waals surface area contributed by atoms with E-state index in [0.29, 0.717) is 11.6 Å². The van der Waals surface area contributed by atoms with Gasteiger partial charge in [0.1, 0.15) is 12.1 Å². The van der Waals surface area contributed by atoms with Gasteiger partial charge in [-0.25, -0.2) is 9.97 Å². The largest absolute Gasteiger partial charge is 0.384 e. The van der Waals surface area contributed by atoms with Crippen LogP contribution in [0.5, 0.6) is 0 Å². The molecule has 0 unspecified atom stereocenters. The number of anilines is 1. The molecule has 2 aromatic rings. The van der Waals surface area contributed by atoms with Crippen molar-refractivity contribution in [3.05, 3.63) is 30.4 Å². The highest BCUT2D eigenvalue weighted by molar-refractivity contribution is 5.40. The lowest BCUT2D eigenvalue weighted by Crippen LogP contribution is -2.12. The Morgan fingerprint density at radius 1 is 1.31 bits per heavy atom. The van der Waals surface area contributed by atoms with Crippen molar-refractivity contribution >= 4 is 5.82 Å². The summed E-state index contributed by atoms with van der Waals surface area (Å²) in [5.74, 6) is 1.27. The number of aromatic nitrogens is 4. The van der Waals surface area contributed by atoms with Crippen LogP contribution in [0, 0.1) is 0 Å². The van der Waals surface area contributed by atoms with Gasteiger partial charge < -0.3 is 5.73 Å². The van der Waals surface area contributed by atoms with Crippen LogP contribution in [-0.2, 0) is 5.41 Å². The fraction of sp³-hybridized carbons (Fsp3) is 0.364. The summed E-state index contributed by atoms with van der Waals surface area (Å²) in [4.78, 5) is 7.98. The summed E-state index contributed by atoms with van der Waals surface area (Å²) < 4.78 is 1.63. The number of nitrogen functional groups attached to an aromatic ring is 1. The Bertz CT molecular complexity index is 481. The Morgan fingerprint density at radius 3 is 2.56 bits per heavy atom. The number of rotatable bonds is 1. The smallest absolute Gasteiger partial charge is 0.159 e. The number of hydrogen-bond donors (Lipinski definition) is 1. The van der Waals surface area contributed by atoms with Gasteiger partial charge in [0.15, 0.2) is 5.82 Å². The second-order valence-electron chi connectivity index (χ2n) is 4.68. The molecule has 0 atom stereocenters. The van der Waals surface area contributed by atoms with Gasteiger partial charge in [0, 0.05) is 23.7 Å². The Morgan fingerprint density at radius 2 is 2.06 bits per heavy atom. The molecule has 84 valence electrons. The highest BCUT2D eigenvalue weighted by Crippen LogP contribution is 2.23. The molecular weight excluding hydrogens is 202 g/mol. The van der Waals surface area contributed by atoms with Crippen LogP contribution in [0.3, 0.4) is 0 Å². The molecule has 0 amide bonds. The van der Waals surface area contributed by atoms with E-state index in [2.05, 4.69) is 35.8 Å². The molecule has 5 nitrogen and oxygen atoms in total. The second kappa shape index (κ2) is 3.59. The van der Waals surface area contributed by atoms with Gasteiger partial charge in [0.05, 0.1) is 5.69 Å². The molecule has 0 spiro atoms. The zero-order valence-electron chi connectivity index (χ0n) is 9.68. The Balaban J connectivity index is 2.48.